The molecule has 0 aliphatic carbocycles. The lowest BCUT2D eigenvalue weighted by atomic mass is 10.1. The molecule has 0 unspecified atom stereocenters. The van der Waals surface area contributed by atoms with E-state index in [9.17, 15) is 13.2 Å². The molecule has 0 saturated carbocycles. The second kappa shape index (κ2) is 4.52. The highest BCUT2D eigenvalue weighted by Crippen LogP contribution is 2.26. The van der Waals surface area contributed by atoms with Crippen molar-refractivity contribution in [3.63, 3.8) is 0 Å². The third-order valence-corrected chi connectivity index (χ3v) is 2.04. The van der Waals surface area contributed by atoms with E-state index >= 15 is 0 Å². The van der Waals surface area contributed by atoms with Gasteiger partial charge in [0, 0.05) is 5.56 Å². The number of ether oxygens (including phenoxy) is 1. The highest BCUT2D eigenvalue weighted by Gasteiger charge is 2.31. The molecule has 0 bridgehead atoms. The molecule has 18 heavy (non-hydrogen) atoms. The van der Waals surface area contributed by atoms with Crippen LogP contribution >= 0.6 is 0 Å². The Hall–Kier alpha value is -2.31. The second-order valence-electron chi connectivity index (χ2n) is 3.40. The quantitative estimate of drug-likeness (QED) is 0.896. The molecule has 2 rings (SSSR count). The normalized spacial score (nSPS) is 11.3. The lowest BCUT2D eigenvalue weighted by Gasteiger charge is -2.09. The molecule has 0 amide bonds. The van der Waals surface area contributed by atoms with Crippen LogP contribution in [0.25, 0.3) is 11.3 Å². The molecular formula is C11H8F3N3O. The Kier molecular flexibility index (Phi) is 3.05. The van der Waals surface area contributed by atoms with E-state index in [1.165, 1.54) is 30.6 Å². The minimum atomic E-state index is -4.72. The van der Waals surface area contributed by atoms with Gasteiger partial charge in [-0.2, -0.15) is 0 Å². The third kappa shape index (κ3) is 3.09. The van der Waals surface area contributed by atoms with Gasteiger partial charge in [0.25, 0.3) is 0 Å². The molecule has 0 aliphatic rings. The zero-order chi connectivity index (χ0) is 13.2. The molecule has 7 heteroatoms. The fraction of sp³-hybridized carbons (Fsp3) is 0.0909. The Balaban J connectivity index is 2.29. The van der Waals surface area contributed by atoms with Gasteiger partial charge in [-0.3, -0.25) is 4.98 Å². The van der Waals surface area contributed by atoms with E-state index in [0.717, 1.165) is 0 Å². The Labute approximate surface area is 100 Å². The van der Waals surface area contributed by atoms with Gasteiger partial charge in [0.05, 0.1) is 18.1 Å². The van der Waals surface area contributed by atoms with Crippen LogP contribution in [0.4, 0.5) is 19.0 Å². The first kappa shape index (κ1) is 12.2. The summed E-state index contributed by atoms with van der Waals surface area (Å²) in [5.41, 5.74) is 6.25. The van der Waals surface area contributed by atoms with Crippen LogP contribution in [0.1, 0.15) is 0 Å². The number of hydrogen-bond acceptors (Lipinski definition) is 4. The van der Waals surface area contributed by atoms with Crippen molar-refractivity contribution in [2.24, 2.45) is 0 Å². The SMILES string of the molecule is Nc1cnc(-c2cccc(OC(F)(F)F)c2)cn1. The first-order valence-electron chi connectivity index (χ1n) is 4.88. The van der Waals surface area contributed by atoms with Gasteiger partial charge < -0.3 is 10.5 Å². The molecule has 0 aliphatic heterocycles. The standard InChI is InChI=1S/C11H8F3N3O/c12-11(13,14)18-8-3-1-2-7(4-8)9-5-17-10(15)6-16-9/h1-6H,(H2,15,17). The summed E-state index contributed by atoms with van der Waals surface area (Å²) in [7, 11) is 0. The van der Waals surface area contributed by atoms with E-state index in [1.54, 1.807) is 6.07 Å². The van der Waals surface area contributed by atoms with Crippen molar-refractivity contribution in [2.45, 2.75) is 6.36 Å². The smallest absolute Gasteiger partial charge is 0.406 e. The fourth-order valence-corrected chi connectivity index (χ4v) is 1.34. The van der Waals surface area contributed by atoms with Gasteiger partial charge in [0.2, 0.25) is 0 Å². The minimum Gasteiger partial charge on any atom is -0.406 e. The number of nitrogens with two attached hydrogens (primary N) is 1. The monoisotopic (exact) mass is 255 g/mol. The molecule has 2 aromatic rings. The van der Waals surface area contributed by atoms with Crippen molar-refractivity contribution in [2.75, 3.05) is 5.73 Å². The first-order chi connectivity index (χ1) is 8.44. The van der Waals surface area contributed by atoms with E-state index < -0.39 is 6.36 Å². The number of nitrogen functional groups attached to an aromatic ring is 1. The van der Waals surface area contributed by atoms with Crippen molar-refractivity contribution in [3.8, 4) is 17.0 Å². The Bertz CT molecular complexity index is 540. The molecule has 0 saturated heterocycles. The van der Waals surface area contributed by atoms with E-state index in [-0.39, 0.29) is 11.6 Å². The predicted octanol–water partition coefficient (Wildman–Crippen LogP) is 2.62. The second-order valence-corrected chi connectivity index (χ2v) is 3.40. The average Bonchev–Trinajstić information content (AvgIpc) is 2.28. The summed E-state index contributed by atoms with van der Waals surface area (Å²) < 4.78 is 40.0. The maximum Gasteiger partial charge on any atom is 0.573 e. The number of rotatable bonds is 2. The predicted molar refractivity (Wildman–Crippen MR) is 58.6 cm³/mol. The molecule has 0 spiro atoms. The van der Waals surface area contributed by atoms with Crippen molar-refractivity contribution in [1.82, 2.24) is 9.97 Å². The Morgan fingerprint density at radius 3 is 2.50 bits per heavy atom. The first-order valence-corrected chi connectivity index (χ1v) is 4.88. The summed E-state index contributed by atoms with van der Waals surface area (Å²) in [6, 6.07) is 5.48. The minimum absolute atomic E-state index is 0.237. The third-order valence-electron chi connectivity index (χ3n) is 2.04. The highest BCUT2D eigenvalue weighted by atomic mass is 19.4. The number of nitrogens with zero attached hydrogens (tertiary/aromatic N) is 2. The van der Waals surface area contributed by atoms with Crippen LogP contribution in [0.3, 0.4) is 0 Å². The van der Waals surface area contributed by atoms with Gasteiger partial charge in [-0.1, -0.05) is 12.1 Å². The number of benzene rings is 1. The molecule has 94 valence electrons. The van der Waals surface area contributed by atoms with Crippen molar-refractivity contribution >= 4 is 5.82 Å². The molecule has 2 N–H and O–H groups in total. The lowest BCUT2D eigenvalue weighted by molar-refractivity contribution is -0.274. The van der Waals surface area contributed by atoms with Crippen LogP contribution in [0.2, 0.25) is 0 Å². The van der Waals surface area contributed by atoms with Crippen LogP contribution in [0.15, 0.2) is 36.7 Å². The molecule has 1 heterocycles. The van der Waals surface area contributed by atoms with Gasteiger partial charge in [-0.05, 0) is 12.1 Å². The van der Waals surface area contributed by atoms with Gasteiger partial charge in [0.15, 0.2) is 0 Å². The summed E-state index contributed by atoms with van der Waals surface area (Å²) in [5, 5.41) is 0. The van der Waals surface area contributed by atoms with Crippen LogP contribution in [0.5, 0.6) is 5.75 Å². The lowest BCUT2D eigenvalue weighted by Crippen LogP contribution is -2.17. The topological polar surface area (TPSA) is 61.0 Å². The van der Waals surface area contributed by atoms with E-state index in [4.69, 9.17) is 5.73 Å². The molecule has 1 aromatic heterocycles. The summed E-state index contributed by atoms with van der Waals surface area (Å²) in [4.78, 5) is 7.77. The van der Waals surface area contributed by atoms with E-state index in [1.807, 2.05) is 0 Å². The number of alkyl halides is 3. The van der Waals surface area contributed by atoms with Crippen LogP contribution < -0.4 is 10.5 Å². The Morgan fingerprint density at radius 2 is 1.89 bits per heavy atom. The number of hydrogen-bond donors (Lipinski definition) is 1. The van der Waals surface area contributed by atoms with Crippen LogP contribution in [-0.4, -0.2) is 16.3 Å². The maximum atomic E-state index is 12.1. The summed E-state index contributed by atoms with van der Waals surface area (Å²) in [6.07, 6.45) is -2.01. The molecule has 0 radical (unpaired) electrons. The van der Waals surface area contributed by atoms with Gasteiger partial charge in [-0.15, -0.1) is 13.2 Å². The van der Waals surface area contributed by atoms with Crippen molar-refractivity contribution < 1.29 is 17.9 Å². The average molecular weight is 255 g/mol. The van der Waals surface area contributed by atoms with E-state index in [2.05, 4.69) is 14.7 Å². The number of aromatic nitrogens is 2. The zero-order valence-electron chi connectivity index (χ0n) is 8.98. The molecule has 1 aromatic carbocycles. The fourth-order valence-electron chi connectivity index (χ4n) is 1.34. The molecule has 4 nitrogen and oxygen atoms in total. The van der Waals surface area contributed by atoms with Gasteiger partial charge >= 0.3 is 6.36 Å². The highest BCUT2D eigenvalue weighted by molar-refractivity contribution is 5.60. The zero-order valence-corrected chi connectivity index (χ0v) is 8.98. The molecular weight excluding hydrogens is 247 g/mol. The Morgan fingerprint density at radius 1 is 1.11 bits per heavy atom. The van der Waals surface area contributed by atoms with Gasteiger partial charge in [-0.25, -0.2) is 4.98 Å². The molecule has 0 atom stereocenters. The van der Waals surface area contributed by atoms with Crippen molar-refractivity contribution in [3.05, 3.63) is 36.7 Å². The van der Waals surface area contributed by atoms with Gasteiger partial charge in [0.1, 0.15) is 11.6 Å². The number of halogens is 3. The number of anilines is 1. The van der Waals surface area contributed by atoms with Crippen LogP contribution in [0, 0.1) is 0 Å². The maximum absolute atomic E-state index is 12.1. The summed E-state index contributed by atoms with van der Waals surface area (Å²) in [6.45, 7) is 0. The van der Waals surface area contributed by atoms with Crippen molar-refractivity contribution in [1.29, 1.82) is 0 Å². The summed E-state index contributed by atoms with van der Waals surface area (Å²) >= 11 is 0. The largest absolute Gasteiger partial charge is 0.573 e. The van der Waals surface area contributed by atoms with Crippen LogP contribution in [-0.2, 0) is 0 Å². The molecule has 0 fully saturated rings. The summed E-state index contributed by atoms with van der Waals surface area (Å²) in [5.74, 6) is -0.0694. The van der Waals surface area contributed by atoms with E-state index in [0.29, 0.717) is 11.3 Å².